The van der Waals surface area contributed by atoms with Crippen molar-refractivity contribution in [3.05, 3.63) is 30.1 Å². The molecule has 0 aliphatic carbocycles. The van der Waals surface area contributed by atoms with Gasteiger partial charge in [-0.25, -0.2) is 0 Å². The molecule has 4 nitrogen and oxygen atoms in total. The van der Waals surface area contributed by atoms with Gasteiger partial charge < -0.3 is 10.5 Å². The molecule has 0 spiro atoms. The third-order valence-electron chi connectivity index (χ3n) is 2.68. The van der Waals surface area contributed by atoms with Gasteiger partial charge >= 0.3 is 0 Å². The van der Waals surface area contributed by atoms with Crippen molar-refractivity contribution in [3.63, 3.8) is 0 Å². The predicted molar refractivity (Wildman–Crippen MR) is 65.2 cm³/mol. The topological polar surface area (TPSA) is 51.4 Å². The fraction of sp³-hybridized carbons (Fsp3) is 0.583. The number of nitrogens with zero attached hydrogens (tertiary/aromatic N) is 2. The molecule has 1 aromatic rings. The number of rotatable bonds is 7. The van der Waals surface area contributed by atoms with Crippen LogP contribution in [-0.2, 0) is 4.74 Å². The normalized spacial score (nSPS) is 13.0. The smallest absolute Gasteiger partial charge is 0.0645 e. The Balaban J connectivity index is 2.71. The highest BCUT2D eigenvalue weighted by Gasteiger charge is 2.17. The number of pyridine rings is 1. The molecule has 0 aromatic carbocycles. The van der Waals surface area contributed by atoms with E-state index in [1.165, 1.54) is 0 Å². The lowest BCUT2D eigenvalue weighted by atomic mass is 10.1. The lowest BCUT2D eigenvalue weighted by Crippen LogP contribution is -2.36. The Morgan fingerprint density at radius 2 is 2.31 bits per heavy atom. The molecule has 1 heterocycles. The van der Waals surface area contributed by atoms with E-state index in [9.17, 15) is 0 Å². The molecule has 0 aliphatic rings. The van der Waals surface area contributed by atoms with Gasteiger partial charge in [-0.05, 0) is 18.7 Å². The maximum Gasteiger partial charge on any atom is 0.0645 e. The van der Waals surface area contributed by atoms with E-state index in [4.69, 9.17) is 10.5 Å². The fourth-order valence-corrected chi connectivity index (χ4v) is 1.77. The average Bonchev–Trinajstić information content (AvgIpc) is 2.35. The Morgan fingerprint density at radius 3 is 2.81 bits per heavy atom. The highest BCUT2D eigenvalue weighted by molar-refractivity contribution is 5.09. The van der Waals surface area contributed by atoms with Gasteiger partial charge in [-0.1, -0.05) is 13.0 Å². The van der Waals surface area contributed by atoms with Crippen LogP contribution in [0.15, 0.2) is 24.4 Å². The molecular formula is C12H21N3O. The Bertz CT molecular complexity index is 279. The van der Waals surface area contributed by atoms with Crippen LogP contribution in [0.4, 0.5) is 0 Å². The SMILES string of the molecule is CCN(CCOC)C(CN)c1ccccn1. The van der Waals surface area contributed by atoms with E-state index in [1.54, 1.807) is 7.11 Å². The summed E-state index contributed by atoms with van der Waals surface area (Å²) in [5.74, 6) is 0. The lowest BCUT2D eigenvalue weighted by molar-refractivity contribution is 0.124. The zero-order chi connectivity index (χ0) is 11.8. The quantitative estimate of drug-likeness (QED) is 0.750. The molecular weight excluding hydrogens is 202 g/mol. The highest BCUT2D eigenvalue weighted by Crippen LogP contribution is 2.16. The number of hydrogen-bond donors (Lipinski definition) is 1. The van der Waals surface area contributed by atoms with Crippen LogP contribution in [0.5, 0.6) is 0 Å². The molecule has 1 unspecified atom stereocenters. The van der Waals surface area contributed by atoms with Crippen LogP contribution in [0.1, 0.15) is 18.7 Å². The maximum absolute atomic E-state index is 5.83. The third kappa shape index (κ3) is 3.56. The van der Waals surface area contributed by atoms with Crippen LogP contribution in [0.3, 0.4) is 0 Å². The fourth-order valence-electron chi connectivity index (χ4n) is 1.77. The van der Waals surface area contributed by atoms with E-state index >= 15 is 0 Å². The van der Waals surface area contributed by atoms with E-state index in [2.05, 4.69) is 16.8 Å². The second kappa shape index (κ2) is 7.33. The van der Waals surface area contributed by atoms with Gasteiger partial charge in [0.2, 0.25) is 0 Å². The van der Waals surface area contributed by atoms with E-state index in [1.807, 2.05) is 24.4 Å². The summed E-state index contributed by atoms with van der Waals surface area (Å²) in [5, 5.41) is 0. The standard InChI is InChI=1S/C12H21N3O/c1-3-15(8-9-16-2)12(10-13)11-6-4-5-7-14-11/h4-7,12H,3,8-10,13H2,1-2H3. The summed E-state index contributed by atoms with van der Waals surface area (Å²) < 4.78 is 5.10. The molecule has 1 atom stereocenters. The summed E-state index contributed by atoms with van der Waals surface area (Å²) in [7, 11) is 1.71. The van der Waals surface area contributed by atoms with Crippen molar-refractivity contribution < 1.29 is 4.74 Å². The number of likely N-dealkylation sites (N-methyl/N-ethyl adjacent to an activating group) is 1. The van der Waals surface area contributed by atoms with Crippen molar-refractivity contribution in [1.82, 2.24) is 9.88 Å². The summed E-state index contributed by atoms with van der Waals surface area (Å²) in [6, 6.07) is 6.12. The molecule has 0 fully saturated rings. The summed E-state index contributed by atoms with van der Waals surface area (Å²) in [4.78, 5) is 6.65. The van der Waals surface area contributed by atoms with Crippen LogP contribution in [0.2, 0.25) is 0 Å². The van der Waals surface area contributed by atoms with E-state index in [0.29, 0.717) is 6.54 Å². The molecule has 2 N–H and O–H groups in total. The Labute approximate surface area is 97.4 Å². The molecule has 1 aromatic heterocycles. The molecule has 0 saturated heterocycles. The first kappa shape index (κ1) is 13.1. The van der Waals surface area contributed by atoms with Crippen molar-refractivity contribution in [3.8, 4) is 0 Å². The largest absolute Gasteiger partial charge is 0.383 e. The predicted octanol–water partition coefficient (Wildman–Crippen LogP) is 1.05. The first-order valence-corrected chi connectivity index (χ1v) is 5.67. The van der Waals surface area contributed by atoms with Crippen LogP contribution in [0, 0.1) is 0 Å². The summed E-state index contributed by atoms with van der Waals surface area (Å²) in [5.41, 5.74) is 6.86. The second-order valence-electron chi connectivity index (χ2n) is 3.63. The van der Waals surface area contributed by atoms with Crippen LogP contribution < -0.4 is 5.73 Å². The molecule has 0 saturated carbocycles. The first-order valence-electron chi connectivity index (χ1n) is 5.67. The molecule has 0 radical (unpaired) electrons. The van der Waals surface area contributed by atoms with Crippen LogP contribution in [-0.4, -0.2) is 43.2 Å². The minimum atomic E-state index is 0.182. The second-order valence-corrected chi connectivity index (χ2v) is 3.63. The maximum atomic E-state index is 5.83. The van der Waals surface area contributed by atoms with Crippen molar-refractivity contribution in [2.45, 2.75) is 13.0 Å². The van der Waals surface area contributed by atoms with Gasteiger partial charge in [0.25, 0.3) is 0 Å². The van der Waals surface area contributed by atoms with Crippen molar-refractivity contribution in [1.29, 1.82) is 0 Å². The van der Waals surface area contributed by atoms with E-state index < -0.39 is 0 Å². The van der Waals surface area contributed by atoms with Crippen molar-refractivity contribution in [2.75, 3.05) is 33.4 Å². The molecule has 0 amide bonds. The average molecular weight is 223 g/mol. The number of ether oxygens (including phenoxy) is 1. The Kier molecular flexibility index (Phi) is 6.00. The lowest BCUT2D eigenvalue weighted by Gasteiger charge is -2.28. The zero-order valence-electron chi connectivity index (χ0n) is 10.1. The van der Waals surface area contributed by atoms with Gasteiger partial charge in [-0.3, -0.25) is 9.88 Å². The summed E-state index contributed by atoms with van der Waals surface area (Å²) in [6.07, 6.45) is 1.81. The van der Waals surface area contributed by atoms with Gasteiger partial charge in [-0.15, -0.1) is 0 Å². The minimum absolute atomic E-state index is 0.182. The van der Waals surface area contributed by atoms with Gasteiger partial charge in [0.1, 0.15) is 0 Å². The molecule has 90 valence electrons. The Morgan fingerprint density at radius 1 is 1.50 bits per heavy atom. The van der Waals surface area contributed by atoms with E-state index in [0.717, 1.165) is 25.4 Å². The van der Waals surface area contributed by atoms with Crippen LogP contribution >= 0.6 is 0 Å². The summed E-state index contributed by atoms with van der Waals surface area (Å²) in [6.45, 7) is 5.25. The Hall–Kier alpha value is -0.970. The molecule has 0 bridgehead atoms. The molecule has 1 rings (SSSR count). The van der Waals surface area contributed by atoms with Gasteiger partial charge in [0, 0.05) is 26.4 Å². The van der Waals surface area contributed by atoms with Gasteiger partial charge in [0.15, 0.2) is 0 Å². The minimum Gasteiger partial charge on any atom is -0.383 e. The highest BCUT2D eigenvalue weighted by atomic mass is 16.5. The van der Waals surface area contributed by atoms with E-state index in [-0.39, 0.29) is 6.04 Å². The number of hydrogen-bond acceptors (Lipinski definition) is 4. The third-order valence-corrected chi connectivity index (χ3v) is 2.68. The monoisotopic (exact) mass is 223 g/mol. The number of methoxy groups -OCH3 is 1. The summed E-state index contributed by atoms with van der Waals surface area (Å²) >= 11 is 0. The van der Waals surface area contributed by atoms with Crippen molar-refractivity contribution >= 4 is 0 Å². The van der Waals surface area contributed by atoms with Gasteiger partial charge in [-0.2, -0.15) is 0 Å². The van der Waals surface area contributed by atoms with Gasteiger partial charge in [0.05, 0.1) is 18.3 Å². The molecule has 0 aliphatic heterocycles. The molecule has 4 heteroatoms. The van der Waals surface area contributed by atoms with Crippen LogP contribution in [0.25, 0.3) is 0 Å². The molecule has 16 heavy (non-hydrogen) atoms. The van der Waals surface area contributed by atoms with Crippen molar-refractivity contribution in [2.24, 2.45) is 5.73 Å². The zero-order valence-corrected chi connectivity index (χ0v) is 10.1. The first-order chi connectivity index (χ1) is 7.83. The number of nitrogens with two attached hydrogens (primary N) is 1. The number of aromatic nitrogens is 1.